The first-order valence-corrected chi connectivity index (χ1v) is 6.59. The van der Waals surface area contributed by atoms with E-state index in [2.05, 4.69) is 9.97 Å². The molecule has 0 radical (unpaired) electrons. The highest BCUT2D eigenvalue weighted by molar-refractivity contribution is 6.04. The van der Waals surface area contributed by atoms with Crippen LogP contribution in [0.25, 0.3) is 0 Å². The van der Waals surface area contributed by atoms with Gasteiger partial charge >= 0.3 is 0 Å². The molecule has 2 aromatic heterocycles. The zero-order valence-electron chi connectivity index (χ0n) is 11.8. The van der Waals surface area contributed by atoms with E-state index < -0.39 is 0 Å². The summed E-state index contributed by atoms with van der Waals surface area (Å²) in [7, 11) is 1.67. The molecule has 2 heterocycles. The molecule has 6 heteroatoms. The van der Waals surface area contributed by atoms with Crippen LogP contribution >= 0.6 is 0 Å². The largest absolute Gasteiger partial charge is 0.451 e. The van der Waals surface area contributed by atoms with Gasteiger partial charge in [0.15, 0.2) is 12.1 Å². The van der Waals surface area contributed by atoms with Crippen LogP contribution in [0.5, 0.6) is 11.6 Å². The lowest BCUT2D eigenvalue weighted by molar-refractivity contribution is 0.0988. The number of nitrogens with zero attached hydrogens (tertiary/aromatic N) is 3. The summed E-state index contributed by atoms with van der Waals surface area (Å²) in [6.07, 6.45) is 4.20. The molecule has 110 valence electrons. The summed E-state index contributed by atoms with van der Waals surface area (Å²) in [5.41, 5.74) is 0.984. The summed E-state index contributed by atoms with van der Waals surface area (Å²) in [4.78, 5) is 21.6. The number of hydrogen-bond acceptors (Lipinski definition) is 5. The quantitative estimate of drug-likeness (QED) is 0.739. The topological polar surface area (TPSA) is 68.5 Å². The zero-order chi connectivity index (χ0) is 15.4. The average molecular weight is 295 g/mol. The molecule has 0 bridgehead atoms. The van der Waals surface area contributed by atoms with Gasteiger partial charge in [0.25, 0.3) is 5.91 Å². The van der Waals surface area contributed by atoms with Gasteiger partial charge in [0, 0.05) is 25.0 Å². The summed E-state index contributed by atoms with van der Waals surface area (Å²) in [5, 5.41) is 0. The molecule has 6 nitrogen and oxygen atoms in total. The standard InChI is InChI=1S/C16H13N3O3/c1-19(16(20)14-10-21-11-18-14)12-5-7-13(8-6-12)22-15-4-2-3-9-17-15/h2-11H,1H3. The predicted molar refractivity (Wildman–Crippen MR) is 80.0 cm³/mol. The van der Waals surface area contributed by atoms with Crippen LogP contribution < -0.4 is 9.64 Å². The average Bonchev–Trinajstić information content (AvgIpc) is 3.10. The Hall–Kier alpha value is -3.15. The van der Waals surface area contributed by atoms with E-state index in [4.69, 9.17) is 9.15 Å². The molecule has 0 aliphatic rings. The Morgan fingerprint density at radius 3 is 2.59 bits per heavy atom. The van der Waals surface area contributed by atoms with E-state index >= 15 is 0 Å². The molecule has 0 saturated heterocycles. The number of carbonyl (C=O) groups excluding carboxylic acids is 1. The fourth-order valence-corrected chi connectivity index (χ4v) is 1.87. The smallest absolute Gasteiger partial charge is 0.279 e. The molecule has 3 aromatic rings. The number of oxazole rings is 1. The number of pyridine rings is 1. The Labute approximate surface area is 127 Å². The highest BCUT2D eigenvalue weighted by atomic mass is 16.5. The van der Waals surface area contributed by atoms with Crippen LogP contribution in [0.2, 0.25) is 0 Å². The Kier molecular flexibility index (Phi) is 3.82. The predicted octanol–water partition coefficient (Wildman–Crippen LogP) is 3.14. The van der Waals surface area contributed by atoms with Crippen molar-refractivity contribution in [2.24, 2.45) is 0 Å². The number of ether oxygens (including phenoxy) is 1. The van der Waals surface area contributed by atoms with Gasteiger partial charge in [-0.25, -0.2) is 9.97 Å². The molecule has 0 atom stereocenters. The molecule has 0 spiro atoms. The Morgan fingerprint density at radius 2 is 1.95 bits per heavy atom. The Bertz CT molecular complexity index is 740. The first-order valence-electron chi connectivity index (χ1n) is 6.59. The van der Waals surface area contributed by atoms with E-state index in [-0.39, 0.29) is 11.6 Å². The Morgan fingerprint density at radius 1 is 1.14 bits per heavy atom. The lowest BCUT2D eigenvalue weighted by atomic mass is 10.2. The van der Waals surface area contributed by atoms with E-state index in [1.807, 2.05) is 12.1 Å². The van der Waals surface area contributed by atoms with E-state index in [1.54, 1.807) is 43.6 Å². The highest BCUT2D eigenvalue weighted by Crippen LogP contribution is 2.23. The molecule has 0 saturated carbocycles. The number of anilines is 1. The molecule has 22 heavy (non-hydrogen) atoms. The number of hydrogen-bond donors (Lipinski definition) is 0. The van der Waals surface area contributed by atoms with Crippen LogP contribution in [0, 0.1) is 0 Å². The number of amides is 1. The molecule has 0 N–H and O–H groups in total. The summed E-state index contributed by atoms with van der Waals surface area (Å²) in [6, 6.07) is 12.6. The second kappa shape index (κ2) is 6.09. The van der Waals surface area contributed by atoms with E-state index in [9.17, 15) is 4.79 Å². The van der Waals surface area contributed by atoms with Gasteiger partial charge in [-0.05, 0) is 30.3 Å². The van der Waals surface area contributed by atoms with E-state index in [0.29, 0.717) is 11.6 Å². The van der Waals surface area contributed by atoms with Crippen molar-refractivity contribution in [3.63, 3.8) is 0 Å². The summed E-state index contributed by atoms with van der Waals surface area (Å²) in [6.45, 7) is 0. The van der Waals surface area contributed by atoms with Crippen molar-refractivity contribution in [3.05, 3.63) is 67.0 Å². The van der Waals surface area contributed by atoms with Crippen molar-refractivity contribution in [1.29, 1.82) is 0 Å². The Balaban J connectivity index is 1.72. The lowest BCUT2D eigenvalue weighted by Gasteiger charge is -2.16. The van der Waals surface area contributed by atoms with Crippen LogP contribution in [0.3, 0.4) is 0 Å². The third kappa shape index (κ3) is 2.95. The molecule has 0 unspecified atom stereocenters. The molecule has 0 fully saturated rings. The van der Waals surface area contributed by atoms with Crippen LogP contribution in [0.1, 0.15) is 10.5 Å². The van der Waals surface area contributed by atoms with Crippen molar-refractivity contribution >= 4 is 11.6 Å². The van der Waals surface area contributed by atoms with E-state index in [1.165, 1.54) is 17.6 Å². The molecule has 0 aliphatic heterocycles. The fourth-order valence-electron chi connectivity index (χ4n) is 1.87. The number of carbonyl (C=O) groups is 1. The number of rotatable bonds is 4. The third-order valence-corrected chi connectivity index (χ3v) is 3.04. The maximum atomic E-state index is 12.1. The zero-order valence-corrected chi connectivity index (χ0v) is 11.8. The monoisotopic (exact) mass is 295 g/mol. The minimum absolute atomic E-state index is 0.243. The number of aromatic nitrogens is 2. The maximum Gasteiger partial charge on any atom is 0.279 e. The van der Waals surface area contributed by atoms with Gasteiger partial charge in [-0.2, -0.15) is 0 Å². The van der Waals surface area contributed by atoms with Gasteiger partial charge in [-0.15, -0.1) is 0 Å². The van der Waals surface area contributed by atoms with Crippen molar-refractivity contribution in [2.45, 2.75) is 0 Å². The third-order valence-electron chi connectivity index (χ3n) is 3.04. The first kappa shape index (κ1) is 13.8. The van der Waals surface area contributed by atoms with Gasteiger partial charge in [0.1, 0.15) is 12.0 Å². The fraction of sp³-hybridized carbons (Fsp3) is 0.0625. The maximum absolute atomic E-state index is 12.1. The normalized spacial score (nSPS) is 10.2. The SMILES string of the molecule is CN(C(=O)c1cocn1)c1ccc(Oc2ccccn2)cc1. The van der Waals surface area contributed by atoms with Crippen molar-refractivity contribution in [2.75, 3.05) is 11.9 Å². The second-order valence-electron chi connectivity index (χ2n) is 4.50. The van der Waals surface area contributed by atoms with Crippen LogP contribution in [-0.2, 0) is 0 Å². The van der Waals surface area contributed by atoms with Gasteiger partial charge in [-0.1, -0.05) is 6.07 Å². The van der Waals surface area contributed by atoms with Gasteiger partial charge in [0.05, 0.1) is 0 Å². The summed E-state index contributed by atoms with van der Waals surface area (Å²) >= 11 is 0. The second-order valence-corrected chi connectivity index (χ2v) is 4.50. The van der Waals surface area contributed by atoms with Gasteiger partial charge in [0.2, 0.25) is 5.88 Å². The van der Waals surface area contributed by atoms with Crippen LogP contribution in [0.4, 0.5) is 5.69 Å². The van der Waals surface area contributed by atoms with Crippen molar-refractivity contribution in [1.82, 2.24) is 9.97 Å². The van der Waals surface area contributed by atoms with Gasteiger partial charge < -0.3 is 14.1 Å². The van der Waals surface area contributed by atoms with Crippen LogP contribution in [0.15, 0.2) is 65.7 Å². The molecule has 0 aliphatic carbocycles. The number of benzene rings is 1. The minimum atomic E-state index is -0.243. The summed E-state index contributed by atoms with van der Waals surface area (Å²) in [5.74, 6) is 0.916. The first-order chi connectivity index (χ1) is 10.7. The molecule has 1 aromatic carbocycles. The highest BCUT2D eigenvalue weighted by Gasteiger charge is 2.15. The van der Waals surface area contributed by atoms with Crippen LogP contribution in [-0.4, -0.2) is 22.9 Å². The molecular formula is C16H13N3O3. The molecular weight excluding hydrogens is 282 g/mol. The van der Waals surface area contributed by atoms with Gasteiger partial charge in [-0.3, -0.25) is 4.79 Å². The van der Waals surface area contributed by atoms with Crippen molar-refractivity contribution < 1.29 is 13.9 Å². The molecule has 3 rings (SSSR count). The summed E-state index contributed by atoms with van der Waals surface area (Å²) < 4.78 is 10.4. The van der Waals surface area contributed by atoms with Crippen molar-refractivity contribution in [3.8, 4) is 11.6 Å². The molecule has 1 amide bonds. The minimum Gasteiger partial charge on any atom is -0.451 e. The lowest BCUT2D eigenvalue weighted by Crippen LogP contribution is -2.26. The van der Waals surface area contributed by atoms with E-state index in [0.717, 1.165) is 5.69 Å².